The van der Waals surface area contributed by atoms with Gasteiger partial charge in [0.15, 0.2) is 0 Å². The third-order valence-electron chi connectivity index (χ3n) is 9.62. The van der Waals surface area contributed by atoms with Gasteiger partial charge in [-0.15, -0.1) is 0 Å². The summed E-state index contributed by atoms with van der Waals surface area (Å²) in [7, 11) is 0. The number of benzene rings is 7. The normalized spacial score (nSPS) is 13.3. The van der Waals surface area contributed by atoms with Crippen LogP contribution in [0.5, 0.6) is 0 Å². The van der Waals surface area contributed by atoms with Gasteiger partial charge >= 0.3 is 0 Å². The summed E-state index contributed by atoms with van der Waals surface area (Å²) in [5.74, 6) is 0. The van der Waals surface area contributed by atoms with Crippen LogP contribution >= 0.6 is 0 Å². The summed E-state index contributed by atoms with van der Waals surface area (Å²) >= 11 is 0. The highest BCUT2D eigenvalue weighted by Crippen LogP contribution is 2.56. The van der Waals surface area contributed by atoms with Crippen LogP contribution in [0.2, 0.25) is 0 Å². The molecule has 214 valence electrons. The van der Waals surface area contributed by atoms with Crippen LogP contribution in [0.3, 0.4) is 0 Å². The molecular formula is C43H31NO. The predicted octanol–water partition coefficient (Wildman–Crippen LogP) is 12.2. The SMILES string of the molecule is CC1(C)c2ccccc2-c2c(N(c3ccccc3)c3ccc(-c4cccc5c4oc4ccccc45)cc3)cc3ccccc3c21. The Labute approximate surface area is 262 Å². The smallest absolute Gasteiger partial charge is 0.143 e. The topological polar surface area (TPSA) is 16.4 Å². The average Bonchev–Trinajstić information content (AvgIpc) is 3.59. The molecule has 0 radical (unpaired) electrons. The van der Waals surface area contributed by atoms with E-state index in [1.807, 2.05) is 12.1 Å². The first-order valence-electron chi connectivity index (χ1n) is 15.6. The van der Waals surface area contributed by atoms with Crippen LogP contribution in [0, 0.1) is 0 Å². The summed E-state index contributed by atoms with van der Waals surface area (Å²) < 4.78 is 6.39. The van der Waals surface area contributed by atoms with Gasteiger partial charge in [0.1, 0.15) is 11.2 Å². The van der Waals surface area contributed by atoms with Gasteiger partial charge < -0.3 is 9.32 Å². The maximum Gasteiger partial charge on any atom is 0.143 e. The summed E-state index contributed by atoms with van der Waals surface area (Å²) in [6.45, 7) is 4.74. The monoisotopic (exact) mass is 577 g/mol. The summed E-state index contributed by atoms with van der Waals surface area (Å²) in [5, 5.41) is 4.86. The number of nitrogens with zero attached hydrogens (tertiary/aromatic N) is 1. The van der Waals surface area contributed by atoms with E-state index in [1.165, 1.54) is 38.7 Å². The van der Waals surface area contributed by atoms with E-state index in [2.05, 4.69) is 158 Å². The summed E-state index contributed by atoms with van der Waals surface area (Å²) in [5.41, 5.74) is 12.8. The number of anilines is 3. The third kappa shape index (κ3) is 3.82. The van der Waals surface area contributed by atoms with Crippen molar-refractivity contribution in [1.82, 2.24) is 0 Å². The number of para-hydroxylation sites is 3. The Balaban J connectivity index is 1.27. The molecule has 7 aromatic carbocycles. The maximum atomic E-state index is 6.39. The number of furan rings is 1. The van der Waals surface area contributed by atoms with E-state index in [0.717, 1.165) is 44.4 Å². The van der Waals surface area contributed by atoms with Crippen molar-refractivity contribution in [3.8, 4) is 22.3 Å². The highest BCUT2D eigenvalue weighted by Gasteiger charge is 2.39. The minimum absolute atomic E-state index is 0.126. The van der Waals surface area contributed by atoms with E-state index in [4.69, 9.17) is 4.42 Å². The zero-order chi connectivity index (χ0) is 30.1. The van der Waals surface area contributed by atoms with Crippen molar-refractivity contribution < 1.29 is 4.42 Å². The molecule has 1 aromatic heterocycles. The first-order chi connectivity index (χ1) is 22.1. The Morgan fingerprint density at radius 1 is 0.533 bits per heavy atom. The first kappa shape index (κ1) is 25.9. The van der Waals surface area contributed by atoms with Gasteiger partial charge in [-0.3, -0.25) is 0 Å². The average molecular weight is 578 g/mol. The molecule has 0 N–H and O–H groups in total. The largest absolute Gasteiger partial charge is 0.455 e. The lowest BCUT2D eigenvalue weighted by Crippen LogP contribution is -2.16. The van der Waals surface area contributed by atoms with Crippen molar-refractivity contribution in [2.45, 2.75) is 19.3 Å². The standard InChI is InChI=1S/C43H31NO/c1-43(2)37-21-10-8-18-36(37)40-38(27-29-13-6-7-16-32(29)41(40)43)44(30-14-4-3-5-15-30)31-25-23-28(24-26-31)33-19-12-20-35-34-17-9-11-22-39(34)45-42(33)35/h3-27H,1-2H3. The van der Waals surface area contributed by atoms with Gasteiger partial charge in [0.2, 0.25) is 0 Å². The predicted molar refractivity (Wildman–Crippen MR) is 189 cm³/mol. The molecule has 0 amide bonds. The Morgan fingerprint density at radius 3 is 2.02 bits per heavy atom. The Hall–Kier alpha value is -5.60. The van der Waals surface area contributed by atoms with E-state index in [1.54, 1.807) is 0 Å². The van der Waals surface area contributed by atoms with Crippen molar-refractivity contribution in [2.75, 3.05) is 4.90 Å². The molecule has 2 nitrogen and oxygen atoms in total. The number of rotatable bonds is 4. The fraction of sp³-hybridized carbons (Fsp3) is 0.0698. The first-order valence-corrected chi connectivity index (χ1v) is 15.6. The molecule has 9 rings (SSSR count). The van der Waals surface area contributed by atoms with Gasteiger partial charge in [-0.2, -0.15) is 0 Å². The van der Waals surface area contributed by atoms with Crippen LogP contribution in [0.25, 0.3) is 55.0 Å². The lowest BCUT2D eigenvalue weighted by atomic mass is 9.80. The molecule has 0 unspecified atom stereocenters. The second kappa shape index (κ2) is 9.70. The van der Waals surface area contributed by atoms with Gasteiger partial charge in [0, 0.05) is 38.7 Å². The molecular weight excluding hydrogens is 546 g/mol. The van der Waals surface area contributed by atoms with E-state index in [-0.39, 0.29) is 5.41 Å². The van der Waals surface area contributed by atoms with Gasteiger partial charge in [0.25, 0.3) is 0 Å². The lowest BCUT2D eigenvalue weighted by molar-refractivity contribution is 0.666. The Bertz CT molecular complexity index is 2400. The van der Waals surface area contributed by atoms with Crippen LogP contribution in [0.15, 0.2) is 156 Å². The zero-order valence-corrected chi connectivity index (χ0v) is 25.3. The molecule has 0 fully saturated rings. The molecule has 0 spiro atoms. The maximum absolute atomic E-state index is 6.39. The number of hydrogen-bond donors (Lipinski definition) is 0. The molecule has 2 heteroatoms. The number of hydrogen-bond acceptors (Lipinski definition) is 2. The van der Waals surface area contributed by atoms with Gasteiger partial charge in [0.05, 0.1) is 5.69 Å². The second-order valence-corrected chi connectivity index (χ2v) is 12.5. The summed E-state index contributed by atoms with van der Waals surface area (Å²) in [4.78, 5) is 2.43. The van der Waals surface area contributed by atoms with Crippen LogP contribution < -0.4 is 4.90 Å². The molecule has 0 bridgehead atoms. The number of fused-ring (bicyclic) bond motifs is 8. The van der Waals surface area contributed by atoms with E-state index >= 15 is 0 Å². The minimum Gasteiger partial charge on any atom is -0.455 e. The minimum atomic E-state index is -0.126. The molecule has 0 saturated heterocycles. The van der Waals surface area contributed by atoms with Crippen LogP contribution in [0.1, 0.15) is 25.0 Å². The summed E-state index contributed by atoms with van der Waals surface area (Å²) in [6.07, 6.45) is 0. The lowest BCUT2D eigenvalue weighted by Gasteiger charge is -2.30. The second-order valence-electron chi connectivity index (χ2n) is 12.5. The van der Waals surface area contributed by atoms with E-state index in [0.29, 0.717) is 0 Å². The fourth-order valence-electron chi connectivity index (χ4n) is 7.58. The van der Waals surface area contributed by atoms with Crippen molar-refractivity contribution in [1.29, 1.82) is 0 Å². The molecule has 1 aliphatic rings. The third-order valence-corrected chi connectivity index (χ3v) is 9.62. The summed E-state index contributed by atoms with van der Waals surface area (Å²) in [6, 6.07) is 54.6. The van der Waals surface area contributed by atoms with E-state index in [9.17, 15) is 0 Å². The highest BCUT2D eigenvalue weighted by molar-refractivity contribution is 6.10. The quantitative estimate of drug-likeness (QED) is 0.207. The molecule has 1 aliphatic carbocycles. The van der Waals surface area contributed by atoms with Crippen molar-refractivity contribution >= 4 is 49.8 Å². The van der Waals surface area contributed by atoms with Crippen LogP contribution in [0.4, 0.5) is 17.1 Å². The molecule has 0 aliphatic heterocycles. The van der Waals surface area contributed by atoms with Crippen LogP contribution in [-0.4, -0.2) is 0 Å². The van der Waals surface area contributed by atoms with Gasteiger partial charge in [-0.25, -0.2) is 0 Å². The van der Waals surface area contributed by atoms with Gasteiger partial charge in [-0.05, 0) is 69.4 Å². The van der Waals surface area contributed by atoms with Crippen LogP contribution in [-0.2, 0) is 5.41 Å². The molecule has 1 heterocycles. The van der Waals surface area contributed by atoms with Crippen molar-refractivity contribution in [2.24, 2.45) is 0 Å². The molecule has 8 aromatic rings. The molecule has 0 atom stereocenters. The van der Waals surface area contributed by atoms with Gasteiger partial charge in [-0.1, -0.05) is 129 Å². The zero-order valence-electron chi connectivity index (χ0n) is 25.3. The molecule has 0 saturated carbocycles. The van der Waals surface area contributed by atoms with Crippen molar-refractivity contribution in [3.63, 3.8) is 0 Å². The highest BCUT2D eigenvalue weighted by atomic mass is 16.3. The van der Waals surface area contributed by atoms with Crippen molar-refractivity contribution in [3.05, 3.63) is 163 Å². The fourth-order valence-corrected chi connectivity index (χ4v) is 7.58. The Morgan fingerprint density at radius 2 is 1.18 bits per heavy atom. The molecule has 45 heavy (non-hydrogen) atoms. The van der Waals surface area contributed by atoms with E-state index < -0.39 is 0 Å². The Kier molecular flexibility index (Phi) is 5.58.